The lowest BCUT2D eigenvalue weighted by Gasteiger charge is -2.19. The van der Waals surface area contributed by atoms with Crippen LogP contribution in [0.25, 0.3) is 5.57 Å². The third-order valence-corrected chi connectivity index (χ3v) is 6.36. The summed E-state index contributed by atoms with van der Waals surface area (Å²) in [5, 5.41) is 0.619. The highest BCUT2D eigenvalue weighted by molar-refractivity contribution is 8.04. The fourth-order valence-corrected chi connectivity index (χ4v) is 4.46. The zero-order valence-corrected chi connectivity index (χ0v) is 19.0. The minimum atomic E-state index is -0.323. The monoisotopic (exact) mass is 448 g/mol. The number of amides is 2. The highest BCUT2D eigenvalue weighted by Crippen LogP contribution is 2.42. The molecule has 1 aliphatic rings. The van der Waals surface area contributed by atoms with E-state index in [4.69, 9.17) is 11.6 Å². The number of hydrogen-bond acceptors (Lipinski definition) is 4. The summed E-state index contributed by atoms with van der Waals surface area (Å²) >= 11 is 7.29. The Labute approximate surface area is 191 Å². The van der Waals surface area contributed by atoms with E-state index >= 15 is 0 Å². The summed E-state index contributed by atoms with van der Waals surface area (Å²) in [5.74, 6) is -0.641. The Morgan fingerprint density at radius 2 is 1.55 bits per heavy atom. The van der Waals surface area contributed by atoms with Crippen molar-refractivity contribution >= 4 is 52.1 Å². The predicted octanol–water partition coefficient (Wildman–Crippen LogP) is 5.79. The molecular formula is C25H21ClN2O2S. The Balaban J connectivity index is 1.81. The molecule has 0 saturated heterocycles. The van der Waals surface area contributed by atoms with Crippen molar-refractivity contribution < 1.29 is 9.59 Å². The lowest BCUT2D eigenvalue weighted by molar-refractivity contribution is -0.119. The number of halogens is 1. The van der Waals surface area contributed by atoms with Gasteiger partial charge in [0.25, 0.3) is 11.8 Å². The largest absolute Gasteiger partial charge is 0.378 e. The van der Waals surface area contributed by atoms with Gasteiger partial charge in [-0.3, -0.25) is 9.59 Å². The minimum absolute atomic E-state index is 0.318. The normalized spacial score (nSPS) is 13.9. The Kier molecular flexibility index (Phi) is 5.90. The molecule has 3 aromatic carbocycles. The molecule has 156 valence electrons. The van der Waals surface area contributed by atoms with Crippen molar-refractivity contribution in [3.8, 4) is 0 Å². The van der Waals surface area contributed by atoms with Crippen LogP contribution in [0.1, 0.15) is 11.1 Å². The molecule has 0 spiro atoms. The van der Waals surface area contributed by atoms with E-state index < -0.39 is 0 Å². The fourth-order valence-electron chi connectivity index (χ4n) is 3.34. The van der Waals surface area contributed by atoms with Crippen molar-refractivity contribution in [2.75, 3.05) is 23.9 Å². The number of anilines is 2. The molecule has 0 atom stereocenters. The van der Waals surface area contributed by atoms with Crippen molar-refractivity contribution in [2.24, 2.45) is 0 Å². The summed E-state index contributed by atoms with van der Waals surface area (Å²) in [7, 11) is 3.84. The second-order valence-corrected chi connectivity index (χ2v) is 9.01. The molecule has 4 rings (SSSR count). The van der Waals surface area contributed by atoms with Gasteiger partial charge in [-0.25, -0.2) is 4.90 Å². The standard InChI is InChI=1S/C25H21ClN2O2S/c1-16-7-9-17(10-8-16)22-23(31-21-13-11-18(26)12-14-21)25(30)28(24(22)29)20-6-4-5-19(15-20)27(2)3/h4-15H,1-3H3. The van der Waals surface area contributed by atoms with Crippen molar-refractivity contribution in [3.05, 3.63) is 93.9 Å². The number of thioether (sulfide) groups is 1. The Hall–Kier alpha value is -3.02. The molecule has 0 bridgehead atoms. The number of carbonyl (C=O) groups excluding carboxylic acids is 2. The van der Waals surface area contributed by atoms with Crippen LogP contribution in [0.15, 0.2) is 82.6 Å². The van der Waals surface area contributed by atoms with Crippen LogP contribution in [0.3, 0.4) is 0 Å². The molecule has 0 aliphatic carbocycles. The van der Waals surface area contributed by atoms with E-state index in [2.05, 4.69) is 0 Å². The van der Waals surface area contributed by atoms with Crippen LogP contribution in [0.4, 0.5) is 11.4 Å². The zero-order valence-electron chi connectivity index (χ0n) is 17.4. The average Bonchev–Trinajstić information content (AvgIpc) is 3.00. The number of aryl methyl sites for hydroxylation is 1. The first-order valence-electron chi connectivity index (χ1n) is 9.76. The smallest absolute Gasteiger partial charge is 0.272 e. The van der Waals surface area contributed by atoms with E-state index in [9.17, 15) is 9.59 Å². The molecule has 2 amide bonds. The molecule has 0 fully saturated rings. The first-order chi connectivity index (χ1) is 14.8. The molecular weight excluding hydrogens is 428 g/mol. The van der Waals surface area contributed by atoms with Gasteiger partial charge in [-0.1, -0.05) is 59.3 Å². The number of nitrogens with zero attached hydrogens (tertiary/aromatic N) is 2. The van der Waals surface area contributed by atoms with Crippen LogP contribution in [-0.4, -0.2) is 25.9 Å². The van der Waals surface area contributed by atoms with Crippen LogP contribution >= 0.6 is 23.4 Å². The third kappa shape index (κ3) is 4.24. The molecule has 0 radical (unpaired) electrons. The van der Waals surface area contributed by atoms with E-state index in [1.807, 2.05) is 80.5 Å². The lowest BCUT2D eigenvalue weighted by atomic mass is 10.0. The highest BCUT2D eigenvalue weighted by atomic mass is 35.5. The van der Waals surface area contributed by atoms with Crippen molar-refractivity contribution in [1.29, 1.82) is 0 Å². The van der Waals surface area contributed by atoms with Gasteiger partial charge in [0.05, 0.1) is 16.2 Å². The predicted molar refractivity (Wildman–Crippen MR) is 129 cm³/mol. The van der Waals surface area contributed by atoms with E-state index in [0.717, 1.165) is 21.7 Å². The Morgan fingerprint density at radius 3 is 2.19 bits per heavy atom. The second-order valence-electron chi connectivity index (χ2n) is 7.49. The van der Waals surface area contributed by atoms with E-state index in [1.54, 1.807) is 18.2 Å². The van der Waals surface area contributed by atoms with Gasteiger partial charge in [-0.15, -0.1) is 0 Å². The van der Waals surface area contributed by atoms with Crippen LogP contribution in [0, 0.1) is 6.92 Å². The van der Waals surface area contributed by atoms with Gasteiger partial charge in [0.15, 0.2) is 0 Å². The number of hydrogen-bond donors (Lipinski definition) is 0. The van der Waals surface area contributed by atoms with Crippen molar-refractivity contribution in [2.45, 2.75) is 11.8 Å². The number of benzene rings is 3. The van der Waals surface area contributed by atoms with Gasteiger partial charge in [0.2, 0.25) is 0 Å². The van der Waals surface area contributed by atoms with Crippen molar-refractivity contribution in [3.63, 3.8) is 0 Å². The highest BCUT2D eigenvalue weighted by Gasteiger charge is 2.40. The van der Waals surface area contributed by atoms with Crippen LogP contribution < -0.4 is 9.80 Å². The van der Waals surface area contributed by atoms with Gasteiger partial charge in [-0.2, -0.15) is 0 Å². The summed E-state index contributed by atoms with van der Waals surface area (Å²) in [6.45, 7) is 1.99. The number of rotatable bonds is 5. The van der Waals surface area contributed by atoms with E-state index in [-0.39, 0.29) is 11.8 Å². The summed E-state index contributed by atoms with van der Waals surface area (Å²) in [5.41, 5.74) is 3.70. The van der Waals surface area contributed by atoms with E-state index in [1.165, 1.54) is 16.7 Å². The first-order valence-corrected chi connectivity index (χ1v) is 11.0. The summed E-state index contributed by atoms with van der Waals surface area (Å²) in [6, 6.07) is 22.3. The number of imide groups is 1. The maximum Gasteiger partial charge on any atom is 0.272 e. The van der Waals surface area contributed by atoms with Gasteiger partial charge in [0, 0.05) is 29.7 Å². The molecule has 31 heavy (non-hydrogen) atoms. The summed E-state index contributed by atoms with van der Waals surface area (Å²) in [6.07, 6.45) is 0. The van der Waals surface area contributed by atoms with Crippen LogP contribution in [0.2, 0.25) is 5.02 Å². The molecule has 0 aromatic heterocycles. The maximum absolute atomic E-state index is 13.5. The summed E-state index contributed by atoms with van der Waals surface area (Å²) < 4.78 is 0. The maximum atomic E-state index is 13.5. The molecule has 0 unspecified atom stereocenters. The van der Waals surface area contributed by atoms with Gasteiger partial charge in [0.1, 0.15) is 0 Å². The first kappa shape index (κ1) is 21.2. The van der Waals surface area contributed by atoms with Gasteiger partial charge in [-0.05, 0) is 55.0 Å². The molecule has 3 aromatic rings. The van der Waals surface area contributed by atoms with Crippen molar-refractivity contribution in [1.82, 2.24) is 0 Å². The summed E-state index contributed by atoms with van der Waals surface area (Å²) in [4.78, 5) is 31.5. The SMILES string of the molecule is Cc1ccc(C2=C(Sc3ccc(Cl)cc3)C(=O)N(c3cccc(N(C)C)c3)C2=O)cc1. The van der Waals surface area contributed by atoms with Crippen LogP contribution in [-0.2, 0) is 9.59 Å². The Bertz CT molecular complexity index is 1180. The van der Waals surface area contributed by atoms with Gasteiger partial charge < -0.3 is 4.90 Å². The molecule has 6 heteroatoms. The average molecular weight is 449 g/mol. The van der Waals surface area contributed by atoms with Crippen LogP contribution in [0.5, 0.6) is 0 Å². The molecule has 4 nitrogen and oxygen atoms in total. The number of carbonyl (C=O) groups is 2. The molecule has 0 saturated carbocycles. The quantitative estimate of drug-likeness (QED) is 0.463. The topological polar surface area (TPSA) is 40.6 Å². The van der Waals surface area contributed by atoms with E-state index in [0.29, 0.717) is 21.2 Å². The fraction of sp³-hybridized carbons (Fsp3) is 0.120. The molecule has 0 N–H and O–H groups in total. The lowest BCUT2D eigenvalue weighted by Crippen LogP contribution is -2.31. The van der Waals surface area contributed by atoms with Gasteiger partial charge >= 0.3 is 0 Å². The third-order valence-electron chi connectivity index (χ3n) is 5.02. The molecule has 1 aliphatic heterocycles. The molecule has 1 heterocycles. The zero-order chi connectivity index (χ0) is 22.1. The minimum Gasteiger partial charge on any atom is -0.378 e. The second kappa shape index (κ2) is 8.61. The Morgan fingerprint density at radius 1 is 0.871 bits per heavy atom.